The summed E-state index contributed by atoms with van der Waals surface area (Å²) in [5.74, 6) is 0. The van der Waals surface area contributed by atoms with Gasteiger partial charge in [-0.05, 0) is 13.8 Å². The zero-order chi connectivity index (χ0) is 14.5. The Hall–Kier alpha value is -0.200. The molecule has 0 aromatic heterocycles. The van der Waals surface area contributed by atoms with Crippen molar-refractivity contribution in [2.24, 2.45) is 0 Å². The first-order valence-electron chi connectivity index (χ1n) is 7.39. The summed E-state index contributed by atoms with van der Waals surface area (Å²) in [7, 11) is 0. The molecule has 0 saturated carbocycles. The molecule has 2 N–H and O–H groups in total. The van der Waals surface area contributed by atoms with Gasteiger partial charge >= 0.3 is 0 Å². The second-order valence-corrected chi connectivity index (χ2v) is 4.91. The van der Waals surface area contributed by atoms with E-state index < -0.39 is 0 Å². The molecule has 116 valence electrons. The number of aliphatic hydroxyl groups is 1. The lowest BCUT2D eigenvalue weighted by Crippen LogP contribution is -2.42. The van der Waals surface area contributed by atoms with E-state index in [1.165, 1.54) is 0 Å². The second-order valence-electron chi connectivity index (χ2n) is 4.91. The number of hydrogen-bond acceptors (Lipinski definition) is 5. The molecule has 0 aromatic carbocycles. The highest BCUT2D eigenvalue weighted by molar-refractivity contribution is 4.68. The number of nitrogens with one attached hydrogen (secondary N) is 1. The first-order chi connectivity index (χ1) is 9.10. The van der Waals surface area contributed by atoms with Crippen molar-refractivity contribution in [2.45, 2.75) is 39.8 Å². The number of ether oxygens (including phenoxy) is 2. The fourth-order valence-corrected chi connectivity index (χ4v) is 1.70. The maximum Gasteiger partial charge on any atom is 0.0791 e. The monoisotopic (exact) mass is 276 g/mol. The summed E-state index contributed by atoms with van der Waals surface area (Å²) in [6.45, 7) is 13.9. The molecule has 0 aliphatic heterocycles. The normalized spacial score (nSPS) is 13.4. The van der Waals surface area contributed by atoms with Crippen molar-refractivity contribution < 1.29 is 14.6 Å². The molecule has 1 unspecified atom stereocenters. The summed E-state index contributed by atoms with van der Waals surface area (Å²) >= 11 is 0. The quantitative estimate of drug-likeness (QED) is 0.486. The van der Waals surface area contributed by atoms with Crippen LogP contribution in [0.15, 0.2) is 0 Å². The average Bonchev–Trinajstić information content (AvgIpc) is 2.36. The van der Waals surface area contributed by atoms with Crippen molar-refractivity contribution >= 4 is 0 Å². The maximum atomic E-state index is 10.00. The van der Waals surface area contributed by atoms with Gasteiger partial charge in [0.15, 0.2) is 0 Å². The third kappa shape index (κ3) is 12.6. The molecule has 0 fully saturated rings. The molecule has 5 nitrogen and oxygen atoms in total. The van der Waals surface area contributed by atoms with E-state index in [0.29, 0.717) is 32.3 Å². The lowest BCUT2D eigenvalue weighted by Gasteiger charge is -2.25. The Labute approximate surface area is 118 Å². The molecular weight excluding hydrogens is 244 g/mol. The van der Waals surface area contributed by atoms with Crippen molar-refractivity contribution in [2.75, 3.05) is 52.6 Å². The highest BCUT2D eigenvalue weighted by atomic mass is 16.5. The zero-order valence-electron chi connectivity index (χ0n) is 13.0. The van der Waals surface area contributed by atoms with Crippen molar-refractivity contribution in [3.05, 3.63) is 0 Å². The largest absolute Gasteiger partial charge is 0.390 e. The number of aliphatic hydroxyl groups excluding tert-OH is 1. The smallest absolute Gasteiger partial charge is 0.0791 e. The van der Waals surface area contributed by atoms with Crippen LogP contribution in [-0.2, 0) is 9.47 Å². The van der Waals surface area contributed by atoms with E-state index in [0.717, 1.165) is 26.3 Å². The molecule has 0 bridgehead atoms. The summed E-state index contributed by atoms with van der Waals surface area (Å²) in [5, 5.41) is 13.2. The van der Waals surface area contributed by atoms with Crippen LogP contribution in [0.4, 0.5) is 0 Å². The van der Waals surface area contributed by atoms with Crippen LogP contribution in [0.2, 0.25) is 0 Å². The van der Waals surface area contributed by atoms with Gasteiger partial charge in [-0.15, -0.1) is 0 Å². The standard InChI is InChI=1S/C14H32N2O3/c1-5-18-9-7-16(8-10-19-6-2)12-14(17)11-15-13(3)4/h13-15,17H,5-12H2,1-4H3. The van der Waals surface area contributed by atoms with Gasteiger partial charge in [0, 0.05) is 45.4 Å². The van der Waals surface area contributed by atoms with Crippen LogP contribution in [0.3, 0.4) is 0 Å². The van der Waals surface area contributed by atoms with Crippen molar-refractivity contribution in [1.29, 1.82) is 0 Å². The van der Waals surface area contributed by atoms with Crippen molar-refractivity contribution in [1.82, 2.24) is 10.2 Å². The van der Waals surface area contributed by atoms with E-state index >= 15 is 0 Å². The average molecular weight is 276 g/mol. The minimum atomic E-state index is -0.356. The molecule has 0 heterocycles. The van der Waals surface area contributed by atoms with Gasteiger partial charge in [-0.25, -0.2) is 0 Å². The summed E-state index contributed by atoms with van der Waals surface area (Å²) in [6, 6.07) is 0.398. The van der Waals surface area contributed by atoms with E-state index in [9.17, 15) is 5.11 Å². The first kappa shape index (κ1) is 18.8. The summed E-state index contributed by atoms with van der Waals surface area (Å²) in [5.41, 5.74) is 0. The van der Waals surface area contributed by atoms with Crippen LogP contribution >= 0.6 is 0 Å². The van der Waals surface area contributed by atoms with Crippen LogP contribution in [-0.4, -0.2) is 74.8 Å². The topological polar surface area (TPSA) is 54.0 Å². The molecule has 0 saturated heterocycles. The lowest BCUT2D eigenvalue weighted by molar-refractivity contribution is 0.0530. The zero-order valence-corrected chi connectivity index (χ0v) is 13.0. The summed E-state index contributed by atoms with van der Waals surface area (Å²) in [4.78, 5) is 2.19. The van der Waals surface area contributed by atoms with Gasteiger partial charge in [0.05, 0.1) is 19.3 Å². The highest BCUT2D eigenvalue weighted by Gasteiger charge is 2.12. The Morgan fingerprint density at radius 3 is 2.00 bits per heavy atom. The highest BCUT2D eigenvalue weighted by Crippen LogP contribution is 1.95. The molecule has 0 amide bonds. The fourth-order valence-electron chi connectivity index (χ4n) is 1.70. The Balaban J connectivity index is 3.92. The molecule has 0 aliphatic carbocycles. The van der Waals surface area contributed by atoms with Crippen LogP contribution in [0.1, 0.15) is 27.7 Å². The van der Waals surface area contributed by atoms with Gasteiger partial charge in [0.25, 0.3) is 0 Å². The predicted molar refractivity (Wildman–Crippen MR) is 78.6 cm³/mol. The Morgan fingerprint density at radius 2 is 1.58 bits per heavy atom. The van der Waals surface area contributed by atoms with E-state index in [2.05, 4.69) is 24.1 Å². The van der Waals surface area contributed by atoms with Crippen LogP contribution in [0.5, 0.6) is 0 Å². The van der Waals surface area contributed by atoms with Gasteiger partial charge in [0.1, 0.15) is 0 Å². The first-order valence-corrected chi connectivity index (χ1v) is 7.39. The van der Waals surface area contributed by atoms with E-state index in [-0.39, 0.29) is 6.10 Å². The molecule has 0 aliphatic rings. The molecule has 0 radical (unpaired) electrons. The molecule has 0 aromatic rings. The summed E-state index contributed by atoms with van der Waals surface area (Å²) < 4.78 is 10.7. The van der Waals surface area contributed by atoms with Gasteiger partial charge in [-0.3, -0.25) is 4.90 Å². The number of hydrogen-bond donors (Lipinski definition) is 2. The molecule has 0 spiro atoms. The van der Waals surface area contributed by atoms with Gasteiger partial charge in [-0.1, -0.05) is 13.8 Å². The molecule has 0 rings (SSSR count). The third-order valence-electron chi connectivity index (χ3n) is 2.74. The van der Waals surface area contributed by atoms with Crippen LogP contribution in [0, 0.1) is 0 Å². The summed E-state index contributed by atoms with van der Waals surface area (Å²) in [6.07, 6.45) is -0.356. The van der Waals surface area contributed by atoms with Gasteiger partial charge < -0.3 is 19.9 Å². The lowest BCUT2D eigenvalue weighted by atomic mass is 10.3. The minimum Gasteiger partial charge on any atom is -0.390 e. The van der Waals surface area contributed by atoms with E-state index in [4.69, 9.17) is 9.47 Å². The van der Waals surface area contributed by atoms with Crippen LogP contribution in [0.25, 0.3) is 0 Å². The SMILES string of the molecule is CCOCCN(CCOCC)CC(O)CNC(C)C. The molecule has 19 heavy (non-hydrogen) atoms. The Kier molecular flexibility index (Phi) is 12.7. The predicted octanol–water partition coefficient (Wildman–Crippen LogP) is 0.720. The number of rotatable bonds is 13. The van der Waals surface area contributed by atoms with E-state index in [1.807, 2.05) is 13.8 Å². The number of nitrogens with zero attached hydrogens (tertiary/aromatic N) is 1. The van der Waals surface area contributed by atoms with E-state index in [1.54, 1.807) is 0 Å². The third-order valence-corrected chi connectivity index (χ3v) is 2.74. The molecule has 1 atom stereocenters. The Morgan fingerprint density at radius 1 is 1.05 bits per heavy atom. The van der Waals surface area contributed by atoms with Gasteiger partial charge in [-0.2, -0.15) is 0 Å². The van der Waals surface area contributed by atoms with Gasteiger partial charge in [0.2, 0.25) is 0 Å². The molecular formula is C14H32N2O3. The van der Waals surface area contributed by atoms with Crippen molar-refractivity contribution in [3.8, 4) is 0 Å². The molecule has 5 heteroatoms. The maximum absolute atomic E-state index is 10.00. The second kappa shape index (κ2) is 12.8. The Bertz CT molecular complexity index is 182. The minimum absolute atomic E-state index is 0.356. The van der Waals surface area contributed by atoms with Crippen LogP contribution < -0.4 is 5.32 Å². The fraction of sp³-hybridized carbons (Fsp3) is 1.00. The van der Waals surface area contributed by atoms with Crippen molar-refractivity contribution in [3.63, 3.8) is 0 Å².